The quantitative estimate of drug-likeness (QED) is 0.545. The van der Waals surface area contributed by atoms with Crippen LogP contribution in [0.25, 0.3) is 0 Å². The number of ketones is 1. The smallest absolute Gasteiger partial charge is 0.116 e. The van der Waals surface area contributed by atoms with E-state index in [2.05, 4.69) is 11.2 Å². The molecule has 0 amide bonds. The second-order valence-corrected chi connectivity index (χ2v) is 2.77. The zero-order valence-corrected chi connectivity index (χ0v) is 10.6. The first-order chi connectivity index (χ1) is 5.02. The molecule has 0 rings (SSSR count). The number of allylic oxidation sites excluding steroid dienone is 1. The fourth-order valence-electron chi connectivity index (χ4n) is 0.507. The summed E-state index contributed by atoms with van der Waals surface area (Å²) in [6.45, 7) is 10.8. The first-order valence-corrected chi connectivity index (χ1v) is 3.59. The molecule has 0 saturated carbocycles. The Morgan fingerprint density at radius 1 is 1.58 bits per heavy atom. The molecule has 0 aliphatic heterocycles. The average molecular weight is 240 g/mol. The van der Waals surface area contributed by atoms with E-state index in [1.165, 1.54) is 6.92 Å². The van der Waals surface area contributed by atoms with E-state index in [9.17, 15) is 4.79 Å². The number of hydrogen-bond donors (Lipinski definition) is 0. The molecule has 12 heavy (non-hydrogen) atoms. The van der Waals surface area contributed by atoms with Gasteiger partial charge in [-0.15, -0.1) is 0 Å². The van der Waals surface area contributed by atoms with Crippen molar-refractivity contribution in [2.24, 2.45) is 10.9 Å². The Kier molecular flexibility index (Phi) is 9.57. The normalized spacial score (nSPS) is 10.0. The van der Waals surface area contributed by atoms with Crippen molar-refractivity contribution < 1.29 is 37.5 Å². The molecule has 0 saturated heterocycles. The summed E-state index contributed by atoms with van der Waals surface area (Å²) in [4.78, 5) is 14.3. The number of rotatable bonds is 4. The third kappa shape index (κ3) is 10.2. The van der Waals surface area contributed by atoms with Crippen molar-refractivity contribution in [2.45, 2.75) is 27.2 Å². The standard InChI is InChI=1S/C9H13NO.Y/c1-7(2)6-10-8(3)5-9(4)11;/h3,7H,5H2,1-2,4H3;/q-2;. The Labute approximate surface area is 99.4 Å². The fraction of sp³-hybridized carbons (Fsp3) is 0.556. The van der Waals surface area contributed by atoms with E-state index in [1.807, 2.05) is 13.8 Å². The third-order valence-corrected chi connectivity index (χ3v) is 0.896. The van der Waals surface area contributed by atoms with Crippen LogP contribution in [0.1, 0.15) is 27.2 Å². The number of Topliss-reactive ketones (excluding diaryl/α,β-unsaturated/α-hetero) is 1. The number of carbonyl (C=O) groups is 1. The minimum absolute atomic E-state index is 0. The van der Waals surface area contributed by atoms with Crippen molar-refractivity contribution in [1.82, 2.24) is 0 Å². The van der Waals surface area contributed by atoms with Gasteiger partial charge in [-0.3, -0.25) is 5.70 Å². The van der Waals surface area contributed by atoms with Gasteiger partial charge in [0, 0.05) is 32.7 Å². The Hall–Kier alpha value is 0.184. The van der Waals surface area contributed by atoms with E-state index in [1.54, 1.807) is 0 Å². The summed E-state index contributed by atoms with van der Waals surface area (Å²) >= 11 is 0. The Bertz CT molecular complexity index is 185. The molecule has 0 N–H and O–H groups in total. The van der Waals surface area contributed by atoms with Gasteiger partial charge in [0.25, 0.3) is 0 Å². The van der Waals surface area contributed by atoms with Gasteiger partial charge in [0.1, 0.15) is 5.78 Å². The van der Waals surface area contributed by atoms with Crippen LogP contribution in [0.3, 0.4) is 0 Å². The van der Waals surface area contributed by atoms with Crippen LogP contribution >= 0.6 is 0 Å². The molecular formula is C9H13NOY-2. The maximum Gasteiger partial charge on any atom is 0.116 e. The molecule has 1 radical (unpaired) electrons. The number of nitrogens with zero attached hydrogens (tertiary/aromatic N) is 1. The zero-order chi connectivity index (χ0) is 8.85. The predicted octanol–water partition coefficient (Wildman–Crippen LogP) is 1.88. The van der Waals surface area contributed by atoms with Crippen LogP contribution in [0.15, 0.2) is 10.7 Å². The van der Waals surface area contributed by atoms with Crippen molar-refractivity contribution in [1.29, 1.82) is 0 Å². The molecule has 0 aliphatic rings. The van der Waals surface area contributed by atoms with Gasteiger partial charge >= 0.3 is 0 Å². The Morgan fingerprint density at radius 2 is 2.08 bits per heavy atom. The second kappa shape index (κ2) is 7.81. The van der Waals surface area contributed by atoms with E-state index in [-0.39, 0.29) is 50.8 Å². The molecule has 0 atom stereocenters. The summed E-state index contributed by atoms with van der Waals surface area (Å²) in [7, 11) is 0. The van der Waals surface area contributed by atoms with Crippen LogP contribution in [0.2, 0.25) is 0 Å². The van der Waals surface area contributed by atoms with Crippen LogP contribution in [-0.4, -0.2) is 12.0 Å². The molecule has 0 heterocycles. The summed E-state index contributed by atoms with van der Waals surface area (Å²) in [5.41, 5.74) is 0.339. The monoisotopic (exact) mass is 240 g/mol. The molecule has 0 aromatic heterocycles. The zero-order valence-electron chi connectivity index (χ0n) is 7.79. The maximum absolute atomic E-state index is 10.5. The van der Waals surface area contributed by atoms with E-state index < -0.39 is 0 Å². The summed E-state index contributed by atoms with van der Waals surface area (Å²) in [5, 5.41) is 0. The summed E-state index contributed by atoms with van der Waals surface area (Å²) < 4.78 is 0. The van der Waals surface area contributed by atoms with Gasteiger partial charge in [-0.1, -0.05) is 26.2 Å². The predicted molar refractivity (Wildman–Crippen MR) is 45.4 cm³/mol. The van der Waals surface area contributed by atoms with E-state index in [4.69, 9.17) is 6.58 Å². The molecule has 0 bridgehead atoms. The number of aliphatic imine (C=N–C) groups is 1. The van der Waals surface area contributed by atoms with Gasteiger partial charge in [0.15, 0.2) is 0 Å². The van der Waals surface area contributed by atoms with Gasteiger partial charge in [-0.2, -0.15) is 6.21 Å². The van der Waals surface area contributed by atoms with Gasteiger partial charge < -0.3 is 16.4 Å². The van der Waals surface area contributed by atoms with E-state index in [0.717, 1.165) is 0 Å². The summed E-state index contributed by atoms with van der Waals surface area (Å²) in [5.74, 6) is 0.275. The SMILES string of the molecule is [CH-]=C(CC(C)=O)N=[C-]C(C)C.[Y]. The molecular weight excluding hydrogens is 227 g/mol. The largest absolute Gasteiger partial charge is 0.597 e. The summed E-state index contributed by atoms with van der Waals surface area (Å²) in [6.07, 6.45) is 2.98. The van der Waals surface area contributed by atoms with E-state index in [0.29, 0.717) is 5.70 Å². The van der Waals surface area contributed by atoms with Crippen molar-refractivity contribution >= 4 is 12.0 Å². The van der Waals surface area contributed by atoms with Gasteiger partial charge in [-0.25, -0.2) is 0 Å². The fourth-order valence-corrected chi connectivity index (χ4v) is 0.507. The van der Waals surface area contributed by atoms with Crippen LogP contribution in [0.4, 0.5) is 0 Å². The molecule has 2 nitrogen and oxygen atoms in total. The van der Waals surface area contributed by atoms with Crippen LogP contribution in [0, 0.1) is 12.5 Å². The van der Waals surface area contributed by atoms with Crippen LogP contribution < -0.4 is 0 Å². The summed E-state index contributed by atoms with van der Waals surface area (Å²) in [6, 6.07) is 0. The van der Waals surface area contributed by atoms with Crippen molar-refractivity contribution in [2.75, 3.05) is 0 Å². The molecule has 0 unspecified atom stereocenters. The first-order valence-electron chi connectivity index (χ1n) is 3.59. The Balaban J connectivity index is 0. The van der Waals surface area contributed by atoms with Gasteiger partial charge in [0.05, 0.1) is 0 Å². The minimum Gasteiger partial charge on any atom is -0.597 e. The minimum atomic E-state index is 0. The molecule has 0 fully saturated rings. The second-order valence-electron chi connectivity index (χ2n) is 2.77. The van der Waals surface area contributed by atoms with E-state index >= 15 is 0 Å². The van der Waals surface area contributed by atoms with Crippen LogP contribution in [0.5, 0.6) is 0 Å². The molecule has 0 spiro atoms. The Morgan fingerprint density at radius 3 is 2.42 bits per heavy atom. The molecule has 0 aromatic carbocycles. The van der Waals surface area contributed by atoms with Crippen molar-refractivity contribution in [3.8, 4) is 0 Å². The molecule has 65 valence electrons. The first kappa shape index (κ1) is 14.7. The topological polar surface area (TPSA) is 29.4 Å². The van der Waals surface area contributed by atoms with Gasteiger partial charge in [-0.05, 0) is 6.92 Å². The van der Waals surface area contributed by atoms with Crippen molar-refractivity contribution in [3.63, 3.8) is 0 Å². The number of carbonyl (C=O) groups excluding carboxylic acids is 1. The molecule has 0 aliphatic carbocycles. The maximum atomic E-state index is 10.5. The third-order valence-electron chi connectivity index (χ3n) is 0.896. The number of hydrogen-bond acceptors (Lipinski definition) is 2. The average Bonchev–Trinajstić information content (AvgIpc) is 1.82. The van der Waals surface area contributed by atoms with Crippen molar-refractivity contribution in [3.05, 3.63) is 12.3 Å². The van der Waals surface area contributed by atoms with Crippen LogP contribution in [-0.2, 0) is 37.5 Å². The molecule has 0 aromatic rings. The molecule has 3 heteroatoms. The van der Waals surface area contributed by atoms with Gasteiger partial charge in [0.2, 0.25) is 0 Å².